The Morgan fingerprint density at radius 1 is 0.568 bits per heavy atom. The lowest BCUT2D eigenvalue weighted by Gasteiger charge is -2.26. The van der Waals surface area contributed by atoms with Crippen molar-refractivity contribution in [1.82, 2.24) is 0 Å². The molecule has 2 rings (SSSR count). The molecule has 0 aromatic carbocycles. The molecule has 0 radical (unpaired) electrons. The molecule has 2 saturated heterocycles. The molecule has 0 saturated carbocycles. The zero-order valence-corrected chi connectivity index (χ0v) is 29.1. The first-order valence-electron chi connectivity index (χ1n) is 17.9. The maximum absolute atomic E-state index is 11.1. The Hall–Kier alpha value is -1.54. The van der Waals surface area contributed by atoms with Gasteiger partial charge < -0.3 is 28.4 Å². The van der Waals surface area contributed by atoms with Crippen LogP contribution in [0, 0.1) is 11.8 Å². The molecule has 0 aromatic heterocycles. The minimum Gasteiger partial charge on any atom is -0.430 e. The van der Waals surface area contributed by atoms with E-state index in [4.69, 9.17) is 28.4 Å². The maximum atomic E-state index is 11.1. The normalized spacial score (nSPS) is 20.2. The van der Waals surface area contributed by atoms with Crippen LogP contribution in [0.3, 0.4) is 0 Å². The highest BCUT2D eigenvalue weighted by molar-refractivity contribution is 5.62. The van der Waals surface area contributed by atoms with E-state index in [0.29, 0.717) is 25.0 Å². The minimum atomic E-state index is -0.530. The van der Waals surface area contributed by atoms with E-state index in [0.717, 1.165) is 64.6 Å². The molecule has 2 heterocycles. The Kier molecular flexibility index (Phi) is 18.7. The zero-order valence-electron chi connectivity index (χ0n) is 29.1. The summed E-state index contributed by atoms with van der Waals surface area (Å²) in [6.07, 6.45) is 20.5. The molecular weight excluding hydrogens is 560 g/mol. The summed E-state index contributed by atoms with van der Waals surface area (Å²) in [5.74, 6) is 0.642. The summed E-state index contributed by atoms with van der Waals surface area (Å²) in [6, 6.07) is 0. The largest absolute Gasteiger partial charge is 0.508 e. The summed E-state index contributed by atoms with van der Waals surface area (Å²) in [6.45, 7) is 15.5. The molecule has 0 aromatic rings. The van der Waals surface area contributed by atoms with E-state index in [1.807, 2.05) is 0 Å². The summed E-state index contributed by atoms with van der Waals surface area (Å²) in [5, 5.41) is 0. The van der Waals surface area contributed by atoms with Gasteiger partial charge in [0.25, 0.3) is 0 Å². The molecule has 8 heteroatoms. The first-order chi connectivity index (χ1) is 21.0. The molecule has 4 atom stereocenters. The second-order valence-corrected chi connectivity index (χ2v) is 14.6. The molecule has 4 unspecified atom stereocenters. The number of cyclic esters (lactones) is 4. The van der Waals surface area contributed by atoms with Crippen molar-refractivity contribution in [3.8, 4) is 0 Å². The highest BCUT2D eigenvalue weighted by Gasteiger charge is 2.31. The second-order valence-electron chi connectivity index (χ2n) is 14.6. The Morgan fingerprint density at radius 2 is 0.886 bits per heavy atom. The summed E-state index contributed by atoms with van der Waals surface area (Å²) in [4.78, 5) is 22.2. The van der Waals surface area contributed by atoms with Crippen LogP contribution >= 0.6 is 0 Å². The zero-order chi connectivity index (χ0) is 32.3. The topological polar surface area (TPSA) is 89.5 Å². The van der Waals surface area contributed by atoms with Crippen molar-refractivity contribution >= 4 is 12.3 Å². The van der Waals surface area contributed by atoms with E-state index in [1.54, 1.807) is 0 Å². The summed E-state index contributed by atoms with van der Waals surface area (Å²) < 4.78 is 32.6. The predicted molar refractivity (Wildman–Crippen MR) is 174 cm³/mol. The standard InChI is InChI=1S/C36H66O8/c1-29(31-27-39-33(37)43-31)21-19-23-35(3,4)41-25-17-15-13-11-9-7-8-10-12-14-16-18-26-42-36(5,6)24-20-22-30(2)32-28-40-34(38)44-32/h29-32H,7-28H2,1-6H3. The van der Waals surface area contributed by atoms with E-state index in [2.05, 4.69) is 41.5 Å². The second kappa shape index (κ2) is 21.3. The molecule has 0 aliphatic carbocycles. The number of carbonyl (C=O) groups excluding carboxylic acids is 2. The number of hydrogen-bond acceptors (Lipinski definition) is 8. The van der Waals surface area contributed by atoms with Crippen LogP contribution in [0.5, 0.6) is 0 Å². The van der Waals surface area contributed by atoms with E-state index >= 15 is 0 Å². The van der Waals surface area contributed by atoms with Gasteiger partial charge in [0, 0.05) is 13.2 Å². The van der Waals surface area contributed by atoms with E-state index in [-0.39, 0.29) is 23.4 Å². The molecule has 0 N–H and O–H groups in total. The van der Waals surface area contributed by atoms with Crippen LogP contribution in [0.1, 0.15) is 157 Å². The van der Waals surface area contributed by atoms with Gasteiger partial charge in [-0.25, -0.2) is 9.59 Å². The van der Waals surface area contributed by atoms with Crippen molar-refractivity contribution in [3.05, 3.63) is 0 Å². The van der Waals surface area contributed by atoms with Gasteiger partial charge in [-0.2, -0.15) is 0 Å². The van der Waals surface area contributed by atoms with E-state index in [9.17, 15) is 9.59 Å². The van der Waals surface area contributed by atoms with Crippen LogP contribution in [-0.4, -0.2) is 62.1 Å². The predicted octanol–water partition coefficient (Wildman–Crippen LogP) is 9.94. The monoisotopic (exact) mass is 626 g/mol. The van der Waals surface area contributed by atoms with Crippen LogP contribution in [-0.2, 0) is 28.4 Å². The highest BCUT2D eigenvalue weighted by Crippen LogP contribution is 2.26. The van der Waals surface area contributed by atoms with Gasteiger partial charge >= 0.3 is 12.3 Å². The molecule has 258 valence electrons. The lowest BCUT2D eigenvalue weighted by molar-refractivity contribution is -0.0282. The van der Waals surface area contributed by atoms with Gasteiger partial charge in [-0.3, -0.25) is 0 Å². The van der Waals surface area contributed by atoms with Gasteiger partial charge in [0.1, 0.15) is 25.4 Å². The quantitative estimate of drug-likeness (QED) is 0.0657. The van der Waals surface area contributed by atoms with Crippen molar-refractivity contribution in [1.29, 1.82) is 0 Å². The maximum Gasteiger partial charge on any atom is 0.508 e. The first-order valence-corrected chi connectivity index (χ1v) is 17.9. The van der Waals surface area contributed by atoms with Gasteiger partial charge in [-0.15, -0.1) is 0 Å². The first kappa shape index (κ1) is 38.6. The third-order valence-corrected chi connectivity index (χ3v) is 9.40. The molecule has 0 amide bonds. The van der Waals surface area contributed by atoms with Crippen molar-refractivity contribution in [2.24, 2.45) is 11.8 Å². The van der Waals surface area contributed by atoms with Gasteiger partial charge in [0.05, 0.1) is 11.2 Å². The molecule has 2 fully saturated rings. The van der Waals surface area contributed by atoms with Crippen LogP contribution in [0.2, 0.25) is 0 Å². The van der Waals surface area contributed by atoms with Crippen LogP contribution < -0.4 is 0 Å². The Morgan fingerprint density at radius 3 is 1.18 bits per heavy atom. The number of carbonyl (C=O) groups is 2. The minimum absolute atomic E-state index is 0.0949. The third kappa shape index (κ3) is 17.8. The van der Waals surface area contributed by atoms with Crippen molar-refractivity contribution < 1.29 is 38.0 Å². The Labute approximate surface area is 269 Å². The van der Waals surface area contributed by atoms with E-state index in [1.165, 1.54) is 64.2 Å². The molecule has 0 spiro atoms. The average molecular weight is 627 g/mol. The van der Waals surface area contributed by atoms with Crippen molar-refractivity contribution in [2.75, 3.05) is 26.4 Å². The highest BCUT2D eigenvalue weighted by atomic mass is 16.8. The van der Waals surface area contributed by atoms with E-state index < -0.39 is 12.3 Å². The fourth-order valence-electron chi connectivity index (χ4n) is 6.13. The lowest BCUT2D eigenvalue weighted by Crippen LogP contribution is -2.26. The van der Waals surface area contributed by atoms with Gasteiger partial charge in [0.2, 0.25) is 0 Å². The number of ether oxygens (including phenoxy) is 6. The van der Waals surface area contributed by atoms with Crippen LogP contribution in [0.4, 0.5) is 9.59 Å². The smallest absolute Gasteiger partial charge is 0.430 e. The summed E-state index contributed by atoms with van der Waals surface area (Å²) in [5.41, 5.74) is -0.200. The van der Waals surface area contributed by atoms with Gasteiger partial charge in [0.15, 0.2) is 0 Å². The van der Waals surface area contributed by atoms with Crippen LogP contribution in [0.15, 0.2) is 0 Å². The Bertz CT molecular complexity index is 718. The molecule has 0 bridgehead atoms. The molecular formula is C36H66O8. The fraction of sp³-hybridized carbons (Fsp3) is 0.944. The lowest BCUT2D eigenvalue weighted by atomic mass is 9.94. The Balaban J connectivity index is 1.30. The number of rotatable bonds is 27. The van der Waals surface area contributed by atoms with Crippen LogP contribution in [0.25, 0.3) is 0 Å². The summed E-state index contributed by atoms with van der Waals surface area (Å²) >= 11 is 0. The van der Waals surface area contributed by atoms with Gasteiger partial charge in [-0.05, 0) is 78.1 Å². The third-order valence-electron chi connectivity index (χ3n) is 9.40. The summed E-state index contributed by atoms with van der Waals surface area (Å²) in [7, 11) is 0. The number of unbranched alkanes of at least 4 members (excludes halogenated alkanes) is 11. The average Bonchev–Trinajstić information content (AvgIpc) is 3.60. The van der Waals surface area contributed by atoms with Crippen molar-refractivity contribution in [3.63, 3.8) is 0 Å². The fourth-order valence-corrected chi connectivity index (χ4v) is 6.13. The molecule has 8 nitrogen and oxygen atoms in total. The molecule has 2 aliphatic rings. The molecule has 44 heavy (non-hydrogen) atoms. The number of hydrogen-bond donors (Lipinski definition) is 0. The molecule has 2 aliphatic heterocycles. The van der Waals surface area contributed by atoms with Crippen molar-refractivity contribution in [2.45, 2.75) is 181 Å². The SMILES string of the molecule is CC(CCCC(C)(C)OCCCCCCCCCCCCCCOC(C)(C)CCCC(C)C1COC(=O)O1)C1COC(=O)O1. The van der Waals surface area contributed by atoms with Gasteiger partial charge in [-0.1, -0.05) is 90.9 Å².